The van der Waals surface area contributed by atoms with Crippen LogP contribution in [0.25, 0.3) is 16.6 Å². The lowest BCUT2D eigenvalue weighted by atomic mass is 10.2. The SMILES string of the molecule is CC(=O)N[C@@H](C)COc1ccc(-n2nc3cc(OCC4CC4)ccc3c2F)cc1. The van der Waals surface area contributed by atoms with Gasteiger partial charge in [0.15, 0.2) is 0 Å². The highest BCUT2D eigenvalue weighted by Gasteiger charge is 2.22. The number of nitrogens with zero attached hydrogens (tertiary/aromatic N) is 2. The van der Waals surface area contributed by atoms with Gasteiger partial charge in [-0.15, -0.1) is 0 Å². The number of carbonyl (C=O) groups is 1. The van der Waals surface area contributed by atoms with E-state index in [2.05, 4.69) is 10.4 Å². The Morgan fingerprint density at radius 2 is 1.93 bits per heavy atom. The Labute approximate surface area is 168 Å². The number of amides is 1. The first kappa shape index (κ1) is 19.2. The fraction of sp³-hybridized carbons (Fsp3) is 0.364. The molecule has 2 aromatic carbocycles. The standard InChI is InChI=1S/C22H24FN3O3/c1-14(24-15(2)27)12-28-18-7-5-17(6-8-18)26-22(23)20-10-9-19(11-21(20)25-26)29-13-16-3-4-16/h5-11,14,16H,3-4,12-13H2,1-2H3,(H,24,27)/t14-/m0/s1. The Bertz CT molecular complexity index is 1010. The normalized spacial score (nSPS) is 14.6. The molecule has 0 aliphatic heterocycles. The van der Waals surface area contributed by atoms with E-state index in [1.807, 2.05) is 6.92 Å². The predicted octanol–water partition coefficient (Wildman–Crippen LogP) is 3.86. The van der Waals surface area contributed by atoms with Gasteiger partial charge in [-0.2, -0.15) is 9.49 Å². The molecule has 1 fully saturated rings. The molecule has 1 N–H and O–H groups in total. The van der Waals surface area contributed by atoms with Crippen LogP contribution in [0.2, 0.25) is 0 Å². The van der Waals surface area contributed by atoms with Gasteiger partial charge < -0.3 is 14.8 Å². The molecule has 0 bridgehead atoms. The molecule has 0 radical (unpaired) electrons. The van der Waals surface area contributed by atoms with Crippen molar-refractivity contribution in [3.63, 3.8) is 0 Å². The van der Waals surface area contributed by atoms with Crippen LogP contribution in [0.15, 0.2) is 42.5 Å². The number of hydrogen-bond donors (Lipinski definition) is 1. The van der Waals surface area contributed by atoms with Gasteiger partial charge in [0.25, 0.3) is 0 Å². The number of rotatable bonds is 8. The van der Waals surface area contributed by atoms with Gasteiger partial charge in [-0.25, -0.2) is 4.68 Å². The average Bonchev–Trinajstić information content (AvgIpc) is 3.48. The molecule has 0 unspecified atom stereocenters. The minimum atomic E-state index is -0.415. The molecule has 1 aromatic heterocycles. The Morgan fingerprint density at radius 1 is 1.21 bits per heavy atom. The van der Waals surface area contributed by atoms with Crippen molar-refractivity contribution in [2.24, 2.45) is 5.92 Å². The second-order valence-corrected chi connectivity index (χ2v) is 7.54. The van der Waals surface area contributed by atoms with E-state index in [9.17, 15) is 9.18 Å². The maximum atomic E-state index is 14.8. The maximum Gasteiger partial charge on any atom is 0.224 e. The fourth-order valence-electron chi connectivity index (χ4n) is 3.09. The molecule has 1 amide bonds. The summed E-state index contributed by atoms with van der Waals surface area (Å²) in [5, 5.41) is 7.61. The van der Waals surface area contributed by atoms with E-state index in [1.54, 1.807) is 42.5 Å². The number of fused-ring (bicyclic) bond motifs is 1. The van der Waals surface area contributed by atoms with Crippen LogP contribution < -0.4 is 14.8 Å². The van der Waals surface area contributed by atoms with E-state index >= 15 is 0 Å². The van der Waals surface area contributed by atoms with E-state index in [-0.39, 0.29) is 11.9 Å². The van der Waals surface area contributed by atoms with Crippen LogP contribution in [0.4, 0.5) is 4.39 Å². The molecular formula is C22H24FN3O3. The van der Waals surface area contributed by atoms with Crippen LogP contribution in [0.5, 0.6) is 11.5 Å². The van der Waals surface area contributed by atoms with Gasteiger partial charge in [0.2, 0.25) is 11.9 Å². The van der Waals surface area contributed by atoms with E-state index in [4.69, 9.17) is 9.47 Å². The lowest BCUT2D eigenvalue weighted by Crippen LogP contribution is -2.35. The zero-order valence-corrected chi connectivity index (χ0v) is 16.5. The Morgan fingerprint density at radius 3 is 2.62 bits per heavy atom. The molecule has 152 valence electrons. The lowest BCUT2D eigenvalue weighted by molar-refractivity contribution is -0.119. The number of halogens is 1. The highest BCUT2D eigenvalue weighted by molar-refractivity contribution is 5.80. The summed E-state index contributed by atoms with van der Waals surface area (Å²) in [4.78, 5) is 11.0. The second kappa shape index (κ2) is 8.11. The number of benzene rings is 2. The molecule has 1 aliphatic rings. The molecule has 1 saturated carbocycles. The smallest absolute Gasteiger partial charge is 0.224 e. The molecule has 4 rings (SSSR count). The van der Waals surface area contributed by atoms with Crippen LogP contribution in [0, 0.1) is 11.9 Å². The molecule has 0 spiro atoms. The summed E-state index contributed by atoms with van der Waals surface area (Å²) in [7, 11) is 0. The largest absolute Gasteiger partial charge is 0.493 e. The van der Waals surface area contributed by atoms with Crippen molar-refractivity contribution in [3.8, 4) is 17.2 Å². The Hall–Kier alpha value is -3.09. The molecule has 6 nitrogen and oxygen atoms in total. The van der Waals surface area contributed by atoms with Crippen molar-refractivity contribution in [3.05, 3.63) is 48.4 Å². The van der Waals surface area contributed by atoms with Crippen LogP contribution >= 0.6 is 0 Å². The number of carbonyl (C=O) groups excluding carboxylic acids is 1. The summed E-state index contributed by atoms with van der Waals surface area (Å²) in [6.07, 6.45) is 2.44. The molecule has 1 atom stereocenters. The number of aromatic nitrogens is 2. The molecule has 29 heavy (non-hydrogen) atoms. The van der Waals surface area contributed by atoms with E-state index < -0.39 is 5.95 Å². The van der Waals surface area contributed by atoms with Crippen molar-refractivity contribution in [2.75, 3.05) is 13.2 Å². The number of ether oxygens (including phenoxy) is 2. The lowest BCUT2D eigenvalue weighted by Gasteiger charge is -2.14. The molecule has 1 aliphatic carbocycles. The van der Waals surface area contributed by atoms with Crippen molar-refractivity contribution < 1.29 is 18.7 Å². The summed E-state index contributed by atoms with van der Waals surface area (Å²) in [5.41, 5.74) is 1.15. The molecule has 1 heterocycles. The van der Waals surface area contributed by atoms with Crippen molar-refractivity contribution in [1.29, 1.82) is 0 Å². The van der Waals surface area contributed by atoms with E-state index in [0.717, 1.165) is 0 Å². The third-order valence-corrected chi connectivity index (χ3v) is 4.80. The first-order valence-corrected chi connectivity index (χ1v) is 9.81. The minimum absolute atomic E-state index is 0.0984. The molecule has 7 heteroatoms. The van der Waals surface area contributed by atoms with Crippen molar-refractivity contribution >= 4 is 16.8 Å². The second-order valence-electron chi connectivity index (χ2n) is 7.54. The summed E-state index contributed by atoms with van der Waals surface area (Å²) in [6, 6.07) is 12.2. The maximum absolute atomic E-state index is 14.8. The van der Waals surface area contributed by atoms with Gasteiger partial charge in [0, 0.05) is 13.0 Å². The van der Waals surface area contributed by atoms with Crippen molar-refractivity contribution in [1.82, 2.24) is 15.1 Å². The van der Waals surface area contributed by atoms with Gasteiger partial charge in [-0.1, -0.05) is 0 Å². The van der Waals surface area contributed by atoms with Gasteiger partial charge in [-0.05, 0) is 62.1 Å². The zero-order chi connectivity index (χ0) is 20.4. The monoisotopic (exact) mass is 397 g/mol. The Balaban J connectivity index is 1.46. The third kappa shape index (κ3) is 4.67. The van der Waals surface area contributed by atoms with Crippen LogP contribution in [-0.4, -0.2) is 34.9 Å². The predicted molar refractivity (Wildman–Crippen MR) is 108 cm³/mol. The van der Waals surface area contributed by atoms with Gasteiger partial charge in [-0.3, -0.25) is 4.79 Å². The van der Waals surface area contributed by atoms with Crippen LogP contribution in [0.3, 0.4) is 0 Å². The average molecular weight is 397 g/mol. The Kier molecular flexibility index (Phi) is 5.38. The van der Waals surface area contributed by atoms with Crippen molar-refractivity contribution in [2.45, 2.75) is 32.7 Å². The summed E-state index contributed by atoms with van der Waals surface area (Å²) < 4.78 is 27.5. The zero-order valence-electron chi connectivity index (χ0n) is 16.5. The fourth-order valence-corrected chi connectivity index (χ4v) is 3.09. The summed E-state index contributed by atoms with van der Waals surface area (Å²) in [6.45, 7) is 4.39. The topological polar surface area (TPSA) is 65.4 Å². The summed E-state index contributed by atoms with van der Waals surface area (Å²) in [5.74, 6) is 1.49. The van der Waals surface area contributed by atoms with E-state index in [0.29, 0.717) is 47.2 Å². The minimum Gasteiger partial charge on any atom is -0.493 e. The number of nitrogens with one attached hydrogen (secondary N) is 1. The van der Waals surface area contributed by atoms with Gasteiger partial charge in [0.1, 0.15) is 18.1 Å². The van der Waals surface area contributed by atoms with Crippen LogP contribution in [-0.2, 0) is 4.79 Å². The molecular weight excluding hydrogens is 373 g/mol. The highest BCUT2D eigenvalue weighted by atomic mass is 19.1. The van der Waals surface area contributed by atoms with Gasteiger partial charge >= 0.3 is 0 Å². The first-order valence-electron chi connectivity index (χ1n) is 9.81. The van der Waals surface area contributed by atoms with Gasteiger partial charge in [0.05, 0.1) is 29.2 Å². The van der Waals surface area contributed by atoms with Crippen LogP contribution in [0.1, 0.15) is 26.7 Å². The number of hydrogen-bond acceptors (Lipinski definition) is 4. The van der Waals surface area contributed by atoms with E-state index in [1.165, 1.54) is 24.4 Å². The molecule has 3 aromatic rings. The highest BCUT2D eigenvalue weighted by Crippen LogP contribution is 2.31. The first-order chi connectivity index (χ1) is 14.0. The third-order valence-electron chi connectivity index (χ3n) is 4.80. The quantitative estimate of drug-likeness (QED) is 0.627. The molecule has 0 saturated heterocycles. The summed E-state index contributed by atoms with van der Waals surface area (Å²) >= 11 is 0.